The van der Waals surface area contributed by atoms with Crippen LogP contribution in [0.1, 0.15) is 46.0 Å². The highest BCUT2D eigenvalue weighted by Crippen LogP contribution is 2.41. The number of nitrogens with two attached hydrogens (primary N) is 1. The third-order valence-electron chi connectivity index (χ3n) is 3.54. The van der Waals surface area contributed by atoms with E-state index in [0.717, 1.165) is 32.1 Å². The van der Waals surface area contributed by atoms with Gasteiger partial charge in [0.25, 0.3) is 11.9 Å². The van der Waals surface area contributed by atoms with Gasteiger partial charge in [0, 0.05) is 0 Å². The molecule has 4 heteroatoms. The number of carbonyl (C=O) groups is 1. The molecule has 15 heavy (non-hydrogen) atoms. The highest BCUT2D eigenvalue weighted by Gasteiger charge is 2.47. The average Bonchev–Trinajstić information content (AvgIpc) is 2.28. The normalized spacial score (nSPS) is 34.8. The van der Waals surface area contributed by atoms with Crippen LogP contribution >= 0.6 is 0 Å². The molecular formula is C11H18N2O2. The van der Waals surface area contributed by atoms with Gasteiger partial charge >= 0.3 is 0 Å². The van der Waals surface area contributed by atoms with E-state index < -0.39 is 5.60 Å². The van der Waals surface area contributed by atoms with Crippen molar-refractivity contribution in [3.63, 3.8) is 0 Å². The first-order valence-corrected chi connectivity index (χ1v) is 5.51. The quantitative estimate of drug-likeness (QED) is 0.660. The standard InChI is InChI=1S/C11H18N2O2/c1-10(2)4-3-5-11(7-6-10)8(14)13-9(12)15-11/h3-7H2,1-2H3,(H2,12,13,14). The summed E-state index contributed by atoms with van der Waals surface area (Å²) in [4.78, 5) is 15.4. The van der Waals surface area contributed by atoms with Crippen LogP contribution in [0.4, 0.5) is 0 Å². The van der Waals surface area contributed by atoms with E-state index in [2.05, 4.69) is 18.8 Å². The number of hydrogen-bond acceptors (Lipinski definition) is 3. The van der Waals surface area contributed by atoms with E-state index in [1.807, 2.05) is 0 Å². The number of amidine groups is 1. The third kappa shape index (κ3) is 1.85. The van der Waals surface area contributed by atoms with E-state index in [1.165, 1.54) is 0 Å². The third-order valence-corrected chi connectivity index (χ3v) is 3.54. The average molecular weight is 210 g/mol. The molecule has 0 aromatic carbocycles. The molecule has 1 aliphatic carbocycles. The molecule has 0 radical (unpaired) electrons. The summed E-state index contributed by atoms with van der Waals surface area (Å²) in [5.74, 6) is -0.183. The molecular weight excluding hydrogens is 192 g/mol. The highest BCUT2D eigenvalue weighted by atomic mass is 16.5. The van der Waals surface area contributed by atoms with E-state index in [1.54, 1.807) is 0 Å². The molecule has 0 aromatic heterocycles. The number of nitrogens with zero attached hydrogens (tertiary/aromatic N) is 1. The van der Waals surface area contributed by atoms with Gasteiger partial charge < -0.3 is 10.5 Å². The highest BCUT2D eigenvalue weighted by molar-refractivity contribution is 6.00. The smallest absolute Gasteiger partial charge is 0.294 e. The fourth-order valence-electron chi connectivity index (χ4n) is 2.43. The number of rotatable bonds is 0. The lowest BCUT2D eigenvalue weighted by Crippen LogP contribution is -2.37. The minimum absolute atomic E-state index is 0.0414. The van der Waals surface area contributed by atoms with Crippen molar-refractivity contribution < 1.29 is 9.53 Å². The van der Waals surface area contributed by atoms with Gasteiger partial charge in [-0.05, 0) is 37.5 Å². The summed E-state index contributed by atoms with van der Waals surface area (Å²) < 4.78 is 5.45. The molecule has 1 saturated carbocycles. The number of amides is 1. The zero-order chi connectivity index (χ0) is 11.1. The van der Waals surface area contributed by atoms with Crippen LogP contribution in [-0.4, -0.2) is 17.5 Å². The van der Waals surface area contributed by atoms with Crippen molar-refractivity contribution in [2.75, 3.05) is 0 Å². The van der Waals surface area contributed by atoms with Crippen LogP contribution in [0.15, 0.2) is 4.99 Å². The second kappa shape index (κ2) is 3.22. The molecule has 0 saturated heterocycles. The molecule has 2 rings (SSSR count). The van der Waals surface area contributed by atoms with Crippen molar-refractivity contribution in [3.8, 4) is 0 Å². The van der Waals surface area contributed by atoms with Crippen LogP contribution in [0.25, 0.3) is 0 Å². The first-order chi connectivity index (χ1) is 6.94. The molecule has 2 N–H and O–H groups in total. The monoisotopic (exact) mass is 210 g/mol. The van der Waals surface area contributed by atoms with Gasteiger partial charge in [0.15, 0.2) is 5.60 Å². The Bertz CT molecular complexity index is 323. The predicted molar refractivity (Wildman–Crippen MR) is 57.3 cm³/mol. The molecule has 1 spiro atoms. The van der Waals surface area contributed by atoms with Crippen molar-refractivity contribution in [2.45, 2.75) is 51.6 Å². The van der Waals surface area contributed by atoms with Gasteiger partial charge in [0.1, 0.15) is 0 Å². The molecule has 0 aromatic rings. The van der Waals surface area contributed by atoms with Gasteiger partial charge in [-0.1, -0.05) is 13.8 Å². The summed E-state index contributed by atoms with van der Waals surface area (Å²) >= 11 is 0. The Morgan fingerprint density at radius 1 is 1.27 bits per heavy atom. The van der Waals surface area contributed by atoms with Crippen molar-refractivity contribution >= 4 is 11.9 Å². The van der Waals surface area contributed by atoms with E-state index >= 15 is 0 Å². The van der Waals surface area contributed by atoms with Gasteiger partial charge in [0.2, 0.25) is 0 Å². The molecule has 1 amide bonds. The second-order valence-electron chi connectivity index (χ2n) is 5.37. The summed E-state index contributed by atoms with van der Waals surface area (Å²) in [5, 5.41) is 0. The van der Waals surface area contributed by atoms with Crippen LogP contribution in [0.5, 0.6) is 0 Å². The van der Waals surface area contributed by atoms with Crippen molar-refractivity contribution in [1.29, 1.82) is 0 Å². The SMILES string of the molecule is CC1(C)CCCC2(CC1)OC(N)=NC2=O. The summed E-state index contributed by atoms with van der Waals surface area (Å²) in [6.07, 6.45) is 4.61. The number of ether oxygens (including phenoxy) is 1. The molecule has 0 bridgehead atoms. The molecule has 2 aliphatic rings. The van der Waals surface area contributed by atoms with Gasteiger partial charge in [-0.3, -0.25) is 4.79 Å². The Morgan fingerprint density at radius 3 is 2.60 bits per heavy atom. The number of hydrogen-bond donors (Lipinski definition) is 1. The Balaban J connectivity index is 2.15. The van der Waals surface area contributed by atoms with Gasteiger partial charge in [-0.15, -0.1) is 0 Å². The van der Waals surface area contributed by atoms with Crippen molar-refractivity contribution in [2.24, 2.45) is 16.1 Å². The van der Waals surface area contributed by atoms with E-state index in [4.69, 9.17) is 10.5 Å². The van der Waals surface area contributed by atoms with Crippen molar-refractivity contribution in [3.05, 3.63) is 0 Å². The van der Waals surface area contributed by atoms with Crippen LogP contribution < -0.4 is 5.73 Å². The molecule has 1 heterocycles. The Labute approximate surface area is 89.9 Å². The van der Waals surface area contributed by atoms with Crippen LogP contribution in [-0.2, 0) is 9.53 Å². The van der Waals surface area contributed by atoms with E-state index in [9.17, 15) is 4.79 Å². The number of carbonyl (C=O) groups excluding carboxylic acids is 1. The summed E-state index contributed by atoms with van der Waals surface area (Å²) in [6, 6.07) is 0.0414. The Hall–Kier alpha value is -1.06. The van der Waals surface area contributed by atoms with Crippen molar-refractivity contribution in [1.82, 2.24) is 0 Å². The lowest BCUT2D eigenvalue weighted by molar-refractivity contribution is -0.131. The largest absolute Gasteiger partial charge is 0.448 e. The van der Waals surface area contributed by atoms with Crippen LogP contribution in [0.2, 0.25) is 0 Å². The topological polar surface area (TPSA) is 64.7 Å². The van der Waals surface area contributed by atoms with Crippen LogP contribution in [0, 0.1) is 5.41 Å². The minimum atomic E-state index is -0.724. The fraction of sp³-hybridized carbons (Fsp3) is 0.818. The zero-order valence-corrected chi connectivity index (χ0v) is 9.38. The maximum atomic E-state index is 11.7. The first kappa shape index (κ1) is 10.5. The van der Waals surface area contributed by atoms with Crippen LogP contribution in [0.3, 0.4) is 0 Å². The van der Waals surface area contributed by atoms with E-state index in [0.29, 0.717) is 5.41 Å². The number of aliphatic imine (C=N–C) groups is 1. The molecule has 84 valence electrons. The maximum Gasteiger partial charge on any atom is 0.294 e. The van der Waals surface area contributed by atoms with Gasteiger partial charge in [-0.2, -0.15) is 4.99 Å². The van der Waals surface area contributed by atoms with E-state index in [-0.39, 0.29) is 11.9 Å². The molecule has 1 fully saturated rings. The fourth-order valence-corrected chi connectivity index (χ4v) is 2.43. The predicted octanol–water partition coefficient (Wildman–Crippen LogP) is 1.59. The first-order valence-electron chi connectivity index (χ1n) is 5.51. The maximum absolute atomic E-state index is 11.7. The Morgan fingerprint density at radius 2 is 2.00 bits per heavy atom. The lowest BCUT2D eigenvalue weighted by Gasteiger charge is -2.25. The molecule has 4 nitrogen and oxygen atoms in total. The summed E-state index contributed by atoms with van der Waals surface area (Å²) in [5.41, 5.74) is 5.03. The summed E-state index contributed by atoms with van der Waals surface area (Å²) in [7, 11) is 0. The molecule has 1 atom stereocenters. The lowest BCUT2D eigenvalue weighted by atomic mass is 9.84. The minimum Gasteiger partial charge on any atom is -0.448 e. The van der Waals surface area contributed by atoms with Gasteiger partial charge in [0.05, 0.1) is 0 Å². The van der Waals surface area contributed by atoms with Gasteiger partial charge in [-0.25, -0.2) is 0 Å². The Kier molecular flexibility index (Phi) is 2.24. The summed E-state index contributed by atoms with van der Waals surface area (Å²) in [6.45, 7) is 4.46. The zero-order valence-electron chi connectivity index (χ0n) is 9.38. The molecule has 1 unspecified atom stereocenters. The second-order valence-corrected chi connectivity index (χ2v) is 5.37. The molecule has 1 aliphatic heterocycles.